The second-order valence-electron chi connectivity index (χ2n) is 3.98. The summed E-state index contributed by atoms with van der Waals surface area (Å²) in [5.41, 5.74) is 7.67. The highest BCUT2D eigenvalue weighted by atomic mass is 16.4. The standard InChI is InChI=1S/C13H11N3O2/c14-12-7-3-4-9(15-12)8-16-10-5-1-2-6-11(10)18-13(16)17/h1-7H,8H2,(H2,14,15). The Morgan fingerprint density at radius 1 is 1.17 bits per heavy atom. The average Bonchev–Trinajstić information content (AvgIpc) is 2.66. The molecule has 0 radical (unpaired) electrons. The van der Waals surface area contributed by atoms with Gasteiger partial charge in [0.05, 0.1) is 17.8 Å². The molecule has 2 N–H and O–H groups in total. The highest BCUT2D eigenvalue weighted by Crippen LogP contribution is 2.13. The lowest BCUT2D eigenvalue weighted by Crippen LogP contribution is -2.15. The van der Waals surface area contributed by atoms with Crippen molar-refractivity contribution in [2.24, 2.45) is 0 Å². The molecular weight excluding hydrogens is 230 g/mol. The molecule has 0 fully saturated rings. The number of pyridine rings is 1. The number of nitrogens with two attached hydrogens (primary N) is 1. The molecule has 3 aromatic rings. The largest absolute Gasteiger partial charge is 0.420 e. The molecule has 3 rings (SSSR count). The van der Waals surface area contributed by atoms with E-state index in [1.165, 1.54) is 4.57 Å². The van der Waals surface area contributed by atoms with Gasteiger partial charge in [-0.1, -0.05) is 18.2 Å². The first kappa shape index (κ1) is 10.6. The van der Waals surface area contributed by atoms with E-state index in [4.69, 9.17) is 10.2 Å². The van der Waals surface area contributed by atoms with Crippen LogP contribution in [0.1, 0.15) is 5.69 Å². The lowest BCUT2D eigenvalue weighted by atomic mass is 10.3. The van der Waals surface area contributed by atoms with Crippen LogP contribution < -0.4 is 11.5 Å². The Kier molecular flexibility index (Phi) is 2.37. The summed E-state index contributed by atoms with van der Waals surface area (Å²) in [4.78, 5) is 15.9. The van der Waals surface area contributed by atoms with E-state index in [-0.39, 0.29) is 5.76 Å². The minimum atomic E-state index is -0.388. The summed E-state index contributed by atoms with van der Waals surface area (Å²) < 4.78 is 6.69. The van der Waals surface area contributed by atoms with Gasteiger partial charge >= 0.3 is 5.76 Å². The van der Waals surface area contributed by atoms with E-state index in [1.807, 2.05) is 30.3 Å². The fourth-order valence-electron chi connectivity index (χ4n) is 1.91. The number of oxazole rings is 1. The van der Waals surface area contributed by atoms with Crippen LogP contribution in [0.3, 0.4) is 0 Å². The molecule has 0 saturated carbocycles. The van der Waals surface area contributed by atoms with Gasteiger partial charge in [0.15, 0.2) is 5.58 Å². The predicted molar refractivity (Wildman–Crippen MR) is 68.2 cm³/mol. The molecule has 0 aliphatic rings. The minimum Gasteiger partial charge on any atom is -0.408 e. The van der Waals surface area contributed by atoms with Gasteiger partial charge in [-0.25, -0.2) is 9.78 Å². The first-order chi connectivity index (χ1) is 8.74. The summed E-state index contributed by atoms with van der Waals surface area (Å²) in [5, 5.41) is 0. The van der Waals surface area contributed by atoms with E-state index in [2.05, 4.69) is 4.98 Å². The van der Waals surface area contributed by atoms with Crippen molar-refractivity contribution in [3.63, 3.8) is 0 Å². The zero-order valence-electron chi connectivity index (χ0n) is 9.54. The number of nitrogen functional groups attached to an aromatic ring is 1. The van der Waals surface area contributed by atoms with Crippen molar-refractivity contribution in [1.82, 2.24) is 9.55 Å². The smallest absolute Gasteiger partial charge is 0.408 e. The Morgan fingerprint density at radius 3 is 2.83 bits per heavy atom. The number of para-hydroxylation sites is 2. The molecule has 0 unspecified atom stereocenters. The molecule has 2 heterocycles. The first-order valence-electron chi connectivity index (χ1n) is 5.54. The maximum Gasteiger partial charge on any atom is 0.420 e. The summed E-state index contributed by atoms with van der Waals surface area (Å²) in [7, 11) is 0. The number of rotatable bonds is 2. The van der Waals surface area contributed by atoms with Gasteiger partial charge < -0.3 is 10.2 Å². The van der Waals surface area contributed by atoms with E-state index in [1.54, 1.807) is 12.1 Å². The van der Waals surface area contributed by atoms with E-state index < -0.39 is 0 Å². The van der Waals surface area contributed by atoms with Gasteiger partial charge in [-0.05, 0) is 24.3 Å². The Labute approximate surface area is 102 Å². The van der Waals surface area contributed by atoms with Gasteiger partial charge in [0, 0.05) is 0 Å². The molecule has 0 aliphatic heterocycles. The maximum atomic E-state index is 11.8. The SMILES string of the molecule is Nc1cccc(Cn2c(=O)oc3ccccc32)n1. The fourth-order valence-corrected chi connectivity index (χ4v) is 1.91. The minimum absolute atomic E-state index is 0.348. The molecule has 90 valence electrons. The van der Waals surface area contributed by atoms with Crippen molar-refractivity contribution < 1.29 is 4.42 Å². The van der Waals surface area contributed by atoms with Crippen molar-refractivity contribution in [2.45, 2.75) is 6.54 Å². The molecule has 18 heavy (non-hydrogen) atoms. The highest BCUT2D eigenvalue weighted by Gasteiger charge is 2.09. The summed E-state index contributed by atoms with van der Waals surface area (Å²) >= 11 is 0. The third-order valence-electron chi connectivity index (χ3n) is 2.72. The topological polar surface area (TPSA) is 74.0 Å². The molecule has 5 nitrogen and oxygen atoms in total. The van der Waals surface area contributed by atoms with Gasteiger partial charge in [0.25, 0.3) is 0 Å². The average molecular weight is 241 g/mol. The lowest BCUT2D eigenvalue weighted by Gasteiger charge is -2.02. The monoisotopic (exact) mass is 241 g/mol. The second-order valence-corrected chi connectivity index (χ2v) is 3.98. The number of aromatic nitrogens is 2. The zero-order chi connectivity index (χ0) is 12.5. The van der Waals surface area contributed by atoms with E-state index in [0.29, 0.717) is 17.9 Å². The second kappa shape index (κ2) is 4.03. The highest BCUT2D eigenvalue weighted by molar-refractivity contribution is 5.72. The number of nitrogens with zero attached hydrogens (tertiary/aromatic N) is 2. The quantitative estimate of drug-likeness (QED) is 0.739. The van der Waals surface area contributed by atoms with Gasteiger partial charge in [-0.2, -0.15) is 0 Å². The molecule has 1 aromatic carbocycles. The molecular formula is C13H11N3O2. The number of hydrogen-bond acceptors (Lipinski definition) is 4. The Bertz CT molecular complexity index is 758. The summed E-state index contributed by atoms with van der Waals surface area (Å²) in [6, 6.07) is 12.6. The fraction of sp³-hybridized carbons (Fsp3) is 0.0769. The molecule has 2 aromatic heterocycles. The molecule has 0 aliphatic carbocycles. The van der Waals surface area contributed by atoms with Crippen LogP contribution in [0.2, 0.25) is 0 Å². The molecule has 0 atom stereocenters. The van der Waals surface area contributed by atoms with Crippen LogP contribution in [0.4, 0.5) is 5.82 Å². The van der Waals surface area contributed by atoms with Gasteiger partial charge in [0.1, 0.15) is 5.82 Å². The third kappa shape index (κ3) is 1.75. The van der Waals surface area contributed by atoms with Crippen LogP contribution in [0.25, 0.3) is 11.1 Å². The summed E-state index contributed by atoms with van der Waals surface area (Å²) in [5.74, 6) is 0.0498. The molecule has 0 spiro atoms. The van der Waals surface area contributed by atoms with Crippen LogP contribution in [-0.4, -0.2) is 9.55 Å². The van der Waals surface area contributed by atoms with Crippen molar-refractivity contribution in [3.8, 4) is 0 Å². The summed E-state index contributed by atoms with van der Waals surface area (Å²) in [6.07, 6.45) is 0. The summed E-state index contributed by atoms with van der Waals surface area (Å²) in [6.45, 7) is 0.348. The van der Waals surface area contributed by atoms with E-state index in [0.717, 1.165) is 11.2 Å². The Morgan fingerprint density at radius 2 is 2.00 bits per heavy atom. The normalized spacial score (nSPS) is 10.9. The van der Waals surface area contributed by atoms with Gasteiger partial charge in [-0.15, -0.1) is 0 Å². The number of hydrogen-bond donors (Lipinski definition) is 1. The molecule has 0 saturated heterocycles. The molecule has 0 amide bonds. The van der Waals surface area contributed by atoms with Crippen LogP contribution in [0.5, 0.6) is 0 Å². The number of anilines is 1. The molecule has 5 heteroatoms. The van der Waals surface area contributed by atoms with Crippen LogP contribution in [-0.2, 0) is 6.54 Å². The molecule has 0 bridgehead atoms. The Balaban J connectivity index is 2.10. The van der Waals surface area contributed by atoms with Crippen LogP contribution >= 0.6 is 0 Å². The van der Waals surface area contributed by atoms with E-state index in [9.17, 15) is 4.79 Å². The number of benzene rings is 1. The van der Waals surface area contributed by atoms with Crippen molar-refractivity contribution in [3.05, 3.63) is 58.7 Å². The zero-order valence-corrected chi connectivity index (χ0v) is 9.54. The van der Waals surface area contributed by atoms with Crippen molar-refractivity contribution in [1.29, 1.82) is 0 Å². The van der Waals surface area contributed by atoms with Crippen molar-refractivity contribution in [2.75, 3.05) is 5.73 Å². The third-order valence-corrected chi connectivity index (χ3v) is 2.72. The van der Waals surface area contributed by atoms with Gasteiger partial charge in [-0.3, -0.25) is 4.57 Å². The number of fused-ring (bicyclic) bond motifs is 1. The lowest BCUT2D eigenvalue weighted by molar-refractivity contribution is 0.516. The van der Waals surface area contributed by atoms with Crippen molar-refractivity contribution >= 4 is 16.9 Å². The Hall–Kier alpha value is -2.56. The van der Waals surface area contributed by atoms with Crippen LogP contribution in [0.15, 0.2) is 51.7 Å². The van der Waals surface area contributed by atoms with E-state index >= 15 is 0 Å². The maximum absolute atomic E-state index is 11.8. The van der Waals surface area contributed by atoms with Gasteiger partial charge in [0.2, 0.25) is 0 Å². The van der Waals surface area contributed by atoms with Crippen LogP contribution in [0, 0.1) is 0 Å². The predicted octanol–water partition coefficient (Wildman–Crippen LogP) is 1.62. The first-order valence-corrected chi connectivity index (χ1v) is 5.54.